The average Bonchev–Trinajstić information content (AvgIpc) is 3.44. The number of nitrogens with two attached hydrogens (primary N) is 1. The molecule has 160 valence electrons. The zero-order chi connectivity index (χ0) is 21.0. The van der Waals surface area contributed by atoms with Crippen molar-refractivity contribution in [3.8, 4) is 0 Å². The molecule has 2 unspecified atom stereocenters. The van der Waals surface area contributed by atoms with Gasteiger partial charge in [-0.2, -0.15) is 5.10 Å². The standard InChI is InChI=1S/C21H24ClFN4O3/c1-27-19(24)17(20(28)25-14-2-3-16(23)15(22)8-14)18(26-27)11-6-12-9-21(10-13(12)7-11)29-4-5-30-21/h2-3,8,11-13H,4-7,9-10,24H2,1H3,(H,25,28). The molecular weight excluding hydrogens is 411 g/mol. The van der Waals surface area contributed by atoms with E-state index < -0.39 is 11.6 Å². The highest BCUT2D eigenvalue weighted by molar-refractivity contribution is 6.31. The molecule has 2 aliphatic carbocycles. The van der Waals surface area contributed by atoms with E-state index in [1.165, 1.54) is 18.2 Å². The number of ether oxygens (including phenoxy) is 2. The summed E-state index contributed by atoms with van der Waals surface area (Å²) in [6.45, 7) is 1.33. The third kappa shape index (κ3) is 3.27. The Morgan fingerprint density at radius 3 is 2.60 bits per heavy atom. The molecule has 0 radical (unpaired) electrons. The van der Waals surface area contributed by atoms with Gasteiger partial charge in [0.25, 0.3) is 5.91 Å². The number of hydrogen-bond donors (Lipinski definition) is 2. The third-order valence-corrected chi connectivity index (χ3v) is 7.00. The van der Waals surface area contributed by atoms with E-state index in [0.717, 1.165) is 31.4 Å². The Kier molecular flexibility index (Phi) is 4.76. The van der Waals surface area contributed by atoms with Crippen LogP contribution in [0.15, 0.2) is 18.2 Å². The van der Waals surface area contributed by atoms with Gasteiger partial charge >= 0.3 is 0 Å². The smallest absolute Gasteiger partial charge is 0.261 e. The Labute approximate surface area is 178 Å². The van der Waals surface area contributed by atoms with Crippen molar-refractivity contribution in [1.29, 1.82) is 0 Å². The van der Waals surface area contributed by atoms with Crippen molar-refractivity contribution in [2.45, 2.75) is 37.4 Å². The molecule has 1 spiro atoms. The van der Waals surface area contributed by atoms with Crippen LogP contribution < -0.4 is 11.1 Å². The van der Waals surface area contributed by atoms with Crippen molar-refractivity contribution in [3.05, 3.63) is 40.3 Å². The fourth-order valence-electron chi connectivity index (χ4n) is 5.39. The molecule has 9 heteroatoms. The lowest BCUT2D eigenvalue weighted by molar-refractivity contribution is -0.155. The Bertz CT molecular complexity index is 988. The van der Waals surface area contributed by atoms with E-state index in [9.17, 15) is 9.18 Å². The highest BCUT2D eigenvalue weighted by Crippen LogP contribution is 2.56. The average molecular weight is 435 g/mol. The maximum atomic E-state index is 13.4. The number of amides is 1. The van der Waals surface area contributed by atoms with Gasteiger partial charge in [0.1, 0.15) is 17.2 Å². The molecule has 2 atom stereocenters. The highest BCUT2D eigenvalue weighted by atomic mass is 35.5. The number of aromatic nitrogens is 2. The number of nitrogens with one attached hydrogen (secondary N) is 1. The van der Waals surface area contributed by atoms with Gasteiger partial charge in [-0.3, -0.25) is 9.48 Å². The molecule has 2 heterocycles. The minimum Gasteiger partial charge on any atom is -0.383 e. The summed E-state index contributed by atoms with van der Waals surface area (Å²) in [4.78, 5) is 13.1. The van der Waals surface area contributed by atoms with E-state index in [4.69, 9.17) is 26.8 Å². The van der Waals surface area contributed by atoms with Gasteiger partial charge in [-0.15, -0.1) is 0 Å². The van der Waals surface area contributed by atoms with Crippen molar-refractivity contribution < 1.29 is 18.7 Å². The molecule has 3 N–H and O–H groups in total. The van der Waals surface area contributed by atoms with Gasteiger partial charge in [0.15, 0.2) is 5.79 Å². The van der Waals surface area contributed by atoms with Gasteiger partial charge in [0.05, 0.1) is 23.9 Å². The molecule has 3 aliphatic rings. The Morgan fingerprint density at radius 1 is 1.30 bits per heavy atom. The van der Waals surface area contributed by atoms with Crippen LogP contribution in [0.4, 0.5) is 15.9 Å². The monoisotopic (exact) mass is 434 g/mol. The summed E-state index contributed by atoms with van der Waals surface area (Å²) in [5.74, 6) is 0.139. The molecule has 30 heavy (non-hydrogen) atoms. The van der Waals surface area contributed by atoms with Crippen LogP contribution >= 0.6 is 11.6 Å². The van der Waals surface area contributed by atoms with Crippen LogP contribution in [0.25, 0.3) is 0 Å². The van der Waals surface area contributed by atoms with Crippen molar-refractivity contribution in [2.24, 2.45) is 18.9 Å². The second-order valence-corrected chi connectivity index (χ2v) is 8.96. The first-order valence-corrected chi connectivity index (χ1v) is 10.6. The zero-order valence-electron chi connectivity index (χ0n) is 16.7. The predicted octanol–water partition coefficient (Wildman–Crippen LogP) is 3.69. The molecule has 1 aliphatic heterocycles. The van der Waals surface area contributed by atoms with Gasteiger partial charge in [-0.25, -0.2) is 4.39 Å². The summed E-state index contributed by atoms with van der Waals surface area (Å²) < 4.78 is 26.7. The van der Waals surface area contributed by atoms with Crippen LogP contribution in [-0.4, -0.2) is 34.7 Å². The van der Waals surface area contributed by atoms with Gasteiger partial charge < -0.3 is 20.5 Å². The fraction of sp³-hybridized carbons (Fsp3) is 0.524. The van der Waals surface area contributed by atoms with Crippen LogP contribution in [0.2, 0.25) is 5.02 Å². The van der Waals surface area contributed by atoms with Gasteiger partial charge in [0.2, 0.25) is 0 Å². The molecule has 1 aromatic heterocycles. The topological polar surface area (TPSA) is 91.4 Å². The number of nitrogen functional groups attached to an aromatic ring is 1. The first kappa shape index (κ1) is 19.8. The summed E-state index contributed by atoms with van der Waals surface area (Å²) in [6, 6.07) is 4.06. The predicted molar refractivity (Wildman–Crippen MR) is 110 cm³/mol. The van der Waals surface area contributed by atoms with Crippen LogP contribution in [0.5, 0.6) is 0 Å². The first-order valence-electron chi connectivity index (χ1n) is 10.2. The second-order valence-electron chi connectivity index (χ2n) is 8.56. The van der Waals surface area contributed by atoms with Crippen LogP contribution in [0, 0.1) is 17.7 Å². The lowest BCUT2D eigenvalue weighted by Gasteiger charge is -2.23. The summed E-state index contributed by atoms with van der Waals surface area (Å²) in [7, 11) is 1.73. The van der Waals surface area contributed by atoms with Crippen molar-refractivity contribution in [2.75, 3.05) is 24.3 Å². The number of carbonyl (C=O) groups excluding carboxylic acids is 1. The summed E-state index contributed by atoms with van der Waals surface area (Å²) in [6.07, 6.45) is 3.65. The maximum Gasteiger partial charge on any atom is 0.261 e. The van der Waals surface area contributed by atoms with E-state index in [2.05, 4.69) is 10.4 Å². The quantitative estimate of drug-likeness (QED) is 0.768. The van der Waals surface area contributed by atoms with E-state index >= 15 is 0 Å². The van der Waals surface area contributed by atoms with E-state index in [-0.39, 0.29) is 16.8 Å². The second kappa shape index (κ2) is 7.21. The lowest BCUT2D eigenvalue weighted by atomic mass is 9.95. The highest BCUT2D eigenvalue weighted by Gasteiger charge is 2.53. The number of rotatable bonds is 3. The Balaban J connectivity index is 1.36. The lowest BCUT2D eigenvalue weighted by Crippen LogP contribution is -2.27. The van der Waals surface area contributed by atoms with Crippen molar-refractivity contribution in [3.63, 3.8) is 0 Å². The largest absolute Gasteiger partial charge is 0.383 e. The first-order chi connectivity index (χ1) is 14.3. The molecule has 1 saturated heterocycles. The number of halogens is 2. The third-order valence-electron chi connectivity index (χ3n) is 6.71. The Morgan fingerprint density at radius 2 is 1.97 bits per heavy atom. The minimum absolute atomic E-state index is 0.0546. The normalized spacial score (nSPS) is 27.0. The van der Waals surface area contributed by atoms with Crippen molar-refractivity contribution in [1.82, 2.24) is 9.78 Å². The minimum atomic E-state index is -0.540. The molecule has 1 amide bonds. The van der Waals surface area contributed by atoms with Gasteiger partial charge in [-0.1, -0.05) is 11.6 Å². The van der Waals surface area contributed by atoms with Crippen molar-refractivity contribution >= 4 is 29.0 Å². The fourth-order valence-corrected chi connectivity index (χ4v) is 5.58. The SMILES string of the molecule is Cn1nc(C2CC3CC4(CC3C2)OCCO4)c(C(=O)Nc2ccc(F)c(Cl)c2)c1N. The zero-order valence-corrected chi connectivity index (χ0v) is 17.4. The number of anilines is 2. The summed E-state index contributed by atoms with van der Waals surface area (Å²) in [5.41, 5.74) is 7.71. The van der Waals surface area contributed by atoms with E-state index in [1.54, 1.807) is 11.7 Å². The summed E-state index contributed by atoms with van der Waals surface area (Å²) >= 11 is 5.83. The molecular formula is C21H24ClFN4O3. The molecule has 5 rings (SSSR count). The molecule has 3 fully saturated rings. The van der Waals surface area contributed by atoms with E-state index in [1.807, 2.05) is 0 Å². The number of fused-ring (bicyclic) bond motifs is 1. The van der Waals surface area contributed by atoms with Crippen LogP contribution in [0.1, 0.15) is 47.7 Å². The number of nitrogens with zero attached hydrogens (tertiary/aromatic N) is 2. The Hall–Kier alpha value is -2.16. The van der Waals surface area contributed by atoms with Crippen LogP contribution in [-0.2, 0) is 16.5 Å². The molecule has 2 aromatic rings. The maximum absolute atomic E-state index is 13.4. The molecule has 7 nitrogen and oxygen atoms in total. The van der Waals surface area contributed by atoms with Gasteiger partial charge in [0, 0.05) is 31.5 Å². The molecule has 0 bridgehead atoms. The molecule has 2 saturated carbocycles. The number of hydrogen-bond acceptors (Lipinski definition) is 5. The number of benzene rings is 1. The number of carbonyl (C=O) groups is 1. The van der Waals surface area contributed by atoms with Gasteiger partial charge in [-0.05, 0) is 42.9 Å². The van der Waals surface area contributed by atoms with E-state index in [0.29, 0.717) is 42.1 Å². The molecule has 1 aromatic carbocycles. The number of aryl methyl sites for hydroxylation is 1. The summed E-state index contributed by atoms with van der Waals surface area (Å²) in [5, 5.41) is 7.30. The van der Waals surface area contributed by atoms with Crippen LogP contribution in [0.3, 0.4) is 0 Å².